The van der Waals surface area contributed by atoms with Crippen LogP contribution in [0.5, 0.6) is 0 Å². The molecule has 1 aromatic carbocycles. The number of halogens is 2. The average molecular weight is 378 g/mol. The number of hydrogen-bond donors (Lipinski definition) is 1. The summed E-state index contributed by atoms with van der Waals surface area (Å²) in [5.74, 6) is -1.20. The molecule has 3 aromatic rings. The van der Waals surface area contributed by atoms with Crippen molar-refractivity contribution in [2.24, 2.45) is 5.10 Å². The highest BCUT2D eigenvalue weighted by molar-refractivity contribution is 7.98. The van der Waals surface area contributed by atoms with E-state index in [0.717, 1.165) is 0 Å². The molecule has 0 unspecified atom stereocenters. The van der Waals surface area contributed by atoms with Crippen LogP contribution in [0.2, 0.25) is 0 Å². The van der Waals surface area contributed by atoms with Gasteiger partial charge in [-0.05, 0) is 31.2 Å². The summed E-state index contributed by atoms with van der Waals surface area (Å²) in [7, 11) is 0. The van der Waals surface area contributed by atoms with Gasteiger partial charge in [-0.2, -0.15) is 13.9 Å². The molecule has 1 N–H and O–H groups in total. The van der Waals surface area contributed by atoms with Crippen LogP contribution in [0.1, 0.15) is 18.4 Å². The zero-order valence-electron chi connectivity index (χ0n) is 13.9. The second-order valence-electron chi connectivity index (χ2n) is 5.25. The Kier molecular flexibility index (Phi) is 5.67. The van der Waals surface area contributed by atoms with E-state index in [1.165, 1.54) is 10.8 Å². The van der Waals surface area contributed by atoms with Gasteiger partial charge in [-0.3, -0.25) is 9.36 Å². The van der Waals surface area contributed by atoms with Crippen molar-refractivity contribution in [3.05, 3.63) is 58.3 Å². The third-order valence-corrected chi connectivity index (χ3v) is 4.27. The first-order chi connectivity index (χ1) is 12.6. The Morgan fingerprint density at radius 2 is 2.15 bits per heavy atom. The molecule has 136 valence electrons. The van der Waals surface area contributed by atoms with Crippen molar-refractivity contribution in [3.63, 3.8) is 0 Å². The molecule has 0 fully saturated rings. The number of thioether (sulfide) groups is 1. The molecular weight excluding hydrogens is 362 g/mol. The van der Waals surface area contributed by atoms with Crippen LogP contribution >= 0.6 is 11.8 Å². The van der Waals surface area contributed by atoms with Crippen LogP contribution in [0.25, 0.3) is 10.9 Å². The minimum absolute atomic E-state index is 0.0839. The molecule has 3 rings (SSSR count). The third-order valence-electron chi connectivity index (χ3n) is 3.57. The summed E-state index contributed by atoms with van der Waals surface area (Å²) in [6.45, 7) is 2.27. The predicted octanol–water partition coefficient (Wildman–Crippen LogP) is 3.91. The van der Waals surface area contributed by atoms with Crippen molar-refractivity contribution in [3.8, 4) is 0 Å². The maximum atomic E-state index is 12.5. The summed E-state index contributed by atoms with van der Waals surface area (Å²) in [4.78, 5) is 16.9. The van der Waals surface area contributed by atoms with Crippen LogP contribution in [0.3, 0.4) is 0 Å². The van der Waals surface area contributed by atoms with Crippen molar-refractivity contribution < 1.29 is 13.2 Å². The van der Waals surface area contributed by atoms with E-state index in [1.807, 2.05) is 6.92 Å². The number of fused-ring (bicyclic) bond motifs is 1. The number of hydrogen-bond acceptors (Lipinski definition) is 6. The van der Waals surface area contributed by atoms with Gasteiger partial charge in [0.2, 0.25) is 5.95 Å². The number of rotatable bonds is 7. The largest absolute Gasteiger partial charge is 0.459 e. The monoisotopic (exact) mass is 378 g/mol. The van der Waals surface area contributed by atoms with Crippen LogP contribution < -0.4 is 11.0 Å². The van der Waals surface area contributed by atoms with Gasteiger partial charge < -0.3 is 4.42 Å². The number of nitrogens with one attached hydrogen (secondary N) is 1. The Labute approximate surface area is 151 Å². The number of aromatic nitrogens is 2. The van der Waals surface area contributed by atoms with E-state index < -0.39 is 5.76 Å². The fraction of sp³-hybridized carbons (Fsp3) is 0.235. The van der Waals surface area contributed by atoms with Crippen molar-refractivity contribution in [2.75, 3.05) is 5.43 Å². The van der Waals surface area contributed by atoms with Crippen LogP contribution in [-0.4, -0.2) is 21.5 Å². The molecule has 0 bridgehead atoms. The Hall–Kier alpha value is -2.68. The number of alkyl halides is 2. The van der Waals surface area contributed by atoms with Crippen molar-refractivity contribution in [1.82, 2.24) is 9.55 Å². The number of hydrazone groups is 1. The Balaban J connectivity index is 1.77. The molecule has 0 aliphatic heterocycles. The van der Waals surface area contributed by atoms with Gasteiger partial charge in [-0.15, -0.1) is 0 Å². The molecule has 0 spiro atoms. The highest BCUT2D eigenvalue weighted by Crippen LogP contribution is 2.20. The summed E-state index contributed by atoms with van der Waals surface area (Å²) in [6.07, 6.45) is 1.40. The van der Waals surface area contributed by atoms with Gasteiger partial charge in [0.05, 0.1) is 22.9 Å². The van der Waals surface area contributed by atoms with Gasteiger partial charge >= 0.3 is 0 Å². The minimum Gasteiger partial charge on any atom is -0.459 e. The molecule has 0 aliphatic rings. The van der Waals surface area contributed by atoms with E-state index >= 15 is 0 Å². The lowest BCUT2D eigenvalue weighted by atomic mass is 10.2. The molecule has 0 saturated heterocycles. The molecule has 0 saturated carbocycles. The second-order valence-corrected chi connectivity index (χ2v) is 6.23. The molecular formula is C17H16F2N4O2S. The van der Waals surface area contributed by atoms with Crippen molar-refractivity contribution >= 4 is 34.8 Å². The summed E-state index contributed by atoms with van der Waals surface area (Å²) in [5.41, 5.74) is 3.16. The second kappa shape index (κ2) is 8.13. The van der Waals surface area contributed by atoms with Gasteiger partial charge in [-0.25, -0.2) is 10.4 Å². The van der Waals surface area contributed by atoms with E-state index in [2.05, 4.69) is 15.5 Å². The van der Waals surface area contributed by atoms with E-state index in [0.29, 0.717) is 46.7 Å². The molecule has 26 heavy (non-hydrogen) atoms. The first kappa shape index (κ1) is 18.1. The fourth-order valence-corrected chi connectivity index (χ4v) is 2.83. The first-order valence-electron chi connectivity index (χ1n) is 7.85. The summed E-state index contributed by atoms with van der Waals surface area (Å²) >= 11 is 0.491. The zero-order chi connectivity index (χ0) is 18.5. The Bertz CT molecular complexity index is 984. The van der Waals surface area contributed by atoms with E-state index in [-0.39, 0.29) is 11.3 Å². The summed E-state index contributed by atoms with van der Waals surface area (Å²) in [5, 5.41) is 4.57. The van der Waals surface area contributed by atoms with Gasteiger partial charge in [0.1, 0.15) is 11.5 Å². The molecule has 2 aromatic heterocycles. The number of para-hydroxylation sites is 1. The molecule has 0 radical (unpaired) electrons. The van der Waals surface area contributed by atoms with E-state index in [9.17, 15) is 13.6 Å². The first-order valence-corrected chi connectivity index (χ1v) is 8.90. The topological polar surface area (TPSA) is 72.4 Å². The summed E-state index contributed by atoms with van der Waals surface area (Å²) < 4.78 is 31.2. The minimum atomic E-state index is -2.44. The van der Waals surface area contributed by atoms with Crippen LogP contribution in [0.15, 0.2) is 50.7 Å². The maximum Gasteiger partial charge on any atom is 0.284 e. The average Bonchev–Trinajstić information content (AvgIpc) is 3.08. The number of anilines is 1. The highest BCUT2D eigenvalue weighted by Gasteiger charge is 2.09. The molecule has 0 atom stereocenters. The normalized spacial score (nSPS) is 11.7. The van der Waals surface area contributed by atoms with Gasteiger partial charge in [0.15, 0.2) is 0 Å². The van der Waals surface area contributed by atoms with Gasteiger partial charge in [0.25, 0.3) is 11.3 Å². The van der Waals surface area contributed by atoms with Crippen molar-refractivity contribution in [1.29, 1.82) is 0 Å². The molecule has 9 heteroatoms. The standard InChI is InChI=1S/C17H16F2N4O2S/c1-2-23-15(24)13-5-3-4-6-14(13)21-17(23)22-20-9-11-7-8-12(25-11)10-26-16(18)19/h3-9,16H,2,10H2,1H3,(H,21,22)/b20-9-. The van der Waals surface area contributed by atoms with E-state index in [4.69, 9.17) is 4.42 Å². The third kappa shape index (κ3) is 4.10. The van der Waals surface area contributed by atoms with Crippen LogP contribution in [0, 0.1) is 0 Å². The lowest BCUT2D eigenvalue weighted by Crippen LogP contribution is -2.23. The number of benzene rings is 1. The predicted molar refractivity (Wildman–Crippen MR) is 98.9 cm³/mol. The molecule has 6 nitrogen and oxygen atoms in total. The highest BCUT2D eigenvalue weighted by atomic mass is 32.2. The smallest absolute Gasteiger partial charge is 0.284 e. The van der Waals surface area contributed by atoms with Crippen LogP contribution in [0.4, 0.5) is 14.7 Å². The maximum absolute atomic E-state index is 12.5. The SMILES string of the molecule is CCn1c(N/N=C\c2ccc(CSC(F)F)o2)nc2ccccc2c1=O. The Morgan fingerprint density at radius 3 is 2.92 bits per heavy atom. The molecule has 0 amide bonds. The number of furan rings is 1. The fourth-order valence-electron chi connectivity index (χ4n) is 2.39. The van der Waals surface area contributed by atoms with Crippen LogP contribution in [-0.2, 0) is 12.3 Å². The van der Waals surface area contributed by atoms with Gasteiger partial charge in [-0.1, -0.05) is 23.9 Å². The van der Waals surface area contributed by atoms with Crippen molar-refractivity contribution in [2.45, 2.75) is 25.0 Å². The molecule has 0 aliphatic carbocycles. The lowest BCUT2D eigenvalue weighted by Gasteiger charge is -2.10. The zero-order valence-corrected chi connectivity index (χ0v) is 14.7. The van der Waals surface area contributed by atoms with Gasteiger partial charge in [0, 0.05) is 6.54 Å². The number of nitrogens with zero attached hydrogens (tertiary/aromatic N) is 3. The summed E-state index contributed by atoms with van der Waals surface area (Å²) in [6, 6.07) is 10.3. The Morgan fingerprint density at radius 1 is 1.35 bits per heavy atom. The lowest BCUT2D eigenvalue weighted by molar-refractivity contribution is 0.251. The van der Waals surface area contributed by atoms with E-state index in [1.54, 1.807) is 36.4 Å². The quantitative estimate of drug-likeness (QED) is 0.498. The molecule has 2 heterocycles.